The molecule has 0 unspecified atom stereocenters. The zero-order valence-corrected chi connectivity index (χ0v) is 6.55. The van der Waals surface area contributed by atoms with Crippen LogP contribution in [0.2, 0.25) is 0 Å². The van der Waals surface area contributed by atoms with Gasteiger partial charge in [-0.25, -0.2) is 0 Å². The molecule has 0 aromatic carbocycles. The molecule has 0 saturated heterocycles. The zero-order valence-electron chi connectivity index (χ0n) is 2.12. The van der Waals surface area contributed by atoms with Gasteiger partial charge < -0.3 is 0 Å². The summed E-state index contributed by atoms with van der Waals surface area (Å²) in [5.74, 6) is 0. The molecule has 0 spiro atoms. The minimum atomic E-state index is 0. The van der Waals surface area contributed by atoms with Crippen molar-refractivity contribution in [3.8, 4) is 0 Å². The van der Waals surface area contributed by atoms with Crippen LogP contribution in [-0.4, -0.2) is 0 Å². The summed E-state index contributed by atoms with van der Waals surface area (Å²) < 4.78 is 8.19. The van der Waals surface area contributed by atoms with Gasteiger partial charge >= 0.3 is 21.0 Å². The molecule has 0 aromatic rings. The summed E-state index contributed by atoms with van der Waals surface area (Å²) in [6.07, 6.45) is 0. The zero-order chi connectivity index (χ0) is 2.00. The summed E-state index contributed by atoms with van der Waals surface area (Å²) in [4.78, 5) is 0. The van der Waals surface area contributed by atoms with Gasteiger partial charge in [-0.2, -0.15) is 0 Å². The van der Waals surface area contributed by atoms with Crippen molar-refractivity contribution in [1.29, 1.82) is 0 Å². The van der Waals surface area contributed by atoms with Crippen LogP contribution in [0, 0.1) is 0 Å². The van der Waals surface area contributed by atoms with E-state index in [1.54, 1.807) is 0 Å². The Labute approximate surface area is 64.2 Å². The van der Waals surface area contributed by atoms with Gasteiger partial charge in [0.2, 0.25) is 0 Å². The standard InChI is InChI=1S/2ClH.O.2V/h2*1H;;;. The SMILES string of the molecule is Cl.Cl.[O]=[V].[V]. The Balaban J connectivity index is -0.00000000167. The average molecular weight is 191 g/mol. The van der Waals surface area contributed by atoms with Crippen molar-refractivity contribution in [1.82, 2.24) is 0 Å². The average Bonchev–Trinajstić information content (AvgIpc) is 1.00. The number of halogens is 2. The van der Waals surface area contributed by atoms with Gasteiger partial charge in [0.25, 0.3) is 0 Å². The molecular weight excluding hydrogens is 189 g/mol. The third kappa shape index (κ3) is 29.1. The summed E-state index contributed by atoms with van der Waals surface area (Å²) >= 11 is 1.06. The molecule has 0 fully saturated rings. The van der Waals surface area contributed by atoms with Gasteiger partial charge in [0, 0.05) is 18.6 Å². The number of hydrogen-bond acceptors (Lipinski definition) is 1. The van der Waals surface area contributed by atoms with Crippen molar-refractivity contribution in [2.75, 3.05) is 0 Å². The van der Waals surface area contributed by atoms with Crippen LogP contribution in [0.15, 0.2) is 0 Å². The van der Waals surface area contributed by atoms with Crippen molar-refractivity contribution >= 4 is 24.8 Å². The fourth-order valence-corrected chi connectivity index (χ4v) is 0. The summed E-state index contributed by atoms with van der Waals surface area (Å²) in [5.41, 5.74) is 0. The van der Waals surface area contributed by atoms with Gasteiger partial charge in [0.05, 0.1) is 0 Å². The Kier molecular flexibility index (Phi) is 297. The van der Waals surface area contributed by atoms with Crippen LogP contribution in [-0.2, 0) is 39.6 Å². The maximum absolute atomic E-state index is 8.19. The quantitative estimate of drug-likeness (QED) is 0.551. The van der Waals surface area contributed by atoms with E-state index in [0.29, 0.717) is 0 Å². The summed E-state index contributed by atoms with van der Waals surface area (Å²) in [6.45, 7) is 0. The topological polar surface area (TPSA) is 17.1 Å². The van der Waals surface area contributed by atoms with E-state index in [2.05, 4.69) is 0 Å². The molecule has 0 aliphatic rings. The molecule has 0 amide bonds. The maximum atomic E-state index is 8.19. The Morgan fingerprint density at radius 1 is 1.00 bits per heavy atom. The van der Waals surface area contributed by atoms with Gasteiger partial charge in [-0.05, 0) is 0 Å². The molecule has 0 atom stereocenters. The van der Waals surface area contributed by atoms with E-state index in [4.69, 9.17) is 3.67 Å². The Morgan fingerprint density at radius 2 is 1.00 bits per heavy atom. The second kappa shape index (κ2) is 47.9. The van der Waals surface area contributed by atoms with Gasteiger partial charge in [-0.3, -0.25) is 0 Å². The van der Waals surface area contributed by atoms with Crippen LogP contribution < -0.4 is 0 Å². The molecule has 0 bridgehead atoms. The molecule has 0 saturated carbocycles. The Bertz CT molecular complexity index is 7.61. The third-order valence-corrected chi connectivity index (χ3v) is 0. The van der Waals surface area contributed by atoms with Crippen LogP contribution >= 0.6 is 24.8 Å². The Morgan fingerprint density at radius 3 is 1.00 bits per heavy atom. The molecule has 0 aliphatic heterocycles. The predicted molar refractivity (Wildman–Crippen MR) is 15.2 cm³/mol. The predicted octanol–water partition coefficient (Wildman–Crippen LogP) is 0.720. The Hall–Kier alpha value is 1.55. The van der Waals surface area contributed by atoms with E-state index in [-0.39, 0.29) is 43.4 Å². The monoisotopic (exact) mass is 190 g/mol. The summed E-state index contributed by atoms with van der Waals surface area (Å²) in [7, 11) is 0. The second-order valence-corrected chi connectivity index (χ2v) is 0. The van der Waals surface area contributed by atoms with Gasteiger partial charge in [0.1, 0.15) is 0 Å². The van der Waals surface area contributed by atoms with E-state index in [1.807, 2.05) is 0 Å². The van der Waals surface area contributed by atoms with Crippen LogP contribution in [0.1, 0.15) is 0 Å². The van der Waals surface area contributed by atoms with Crippen molar-refractivity contribution in [2.45, 2.75) is 0 Å². The van der Waals surface area contributed by atoms with Crippen LogP contribution in [0.4, 0.5) is 0 Å². The van der Waals surface area contributed by atoms with Crippen LogP contribution in [0.3, 0.4) is 0 Å². The smallest absolute Gasteiger partial charge is 0 e. The van der Waals surface area contributed by atoms with Gasteiger partial charge in [0.15, 0.2) is 0 Å². The molecule has 0 rings (SSSR count). The minimum absolute atomic E-state index is 0. The van der Waals surface area contributed by atoms with Gasteiger partial charge in [-0.1, -0.05) is 0 Å². The molecule has 0 N–H and O–H groups in total. The molecule has 1 nitrogen and oxygen atoms in total. The number of hydrogen-bond donors (Lipinski definition) is 0. The molecular formula is H2Cl2OV2. The first-order valence-electron chi connectivity index (χ1n) is 0.183. The van der Waals surface area contributed by atoms with E-state index in [1.165, 1.54) is 0 Å². The van der Waals surface area contributed by atoms with Crippen LogP contribution in [0.25, 0.3) is 0 Å². The summed E-state index contributed by atoms with van der Waals surface area (Å²) in [6, 6.07) is 0. The van der Waals surface area contributed by atoms with E-state index >= 15 is 0 Å². The van der Waals surface area contributed by atoms with E-state index in [9.17, 15) is 0 Å². The fraction of sp³-hybridized carbons (Fsp3) is 0. The number of rotatable bonds is 0. The first kappa shape index (κ1) is 31.0. The molecule has 5 heavy (non-hydrogen) atoms. The molecule has 0 aromatic heterocycles. The van der Waals surface area contributed by atoms with Crippen molar-refractivity contribution in [3.63, 3.8) is 0 Å². The molecule has 1 radical (unpaired) electrons. The minimum Gasteiger partial charge on any atom is 0 e. The normalized spacial score (nSPS) is 0.600. The third-order valence-electron chi connectivity index (χ3n) is 0. The molecule has 0 aliphatic carbocycles. The molecule has 0 heterocycles. The fourth-order valence-electron chi connectivity index (χ4n) is 0. The summed E-state index contributed by atoms with van der Waals surface area (Å²) in [5, 5.41) is 0. The first-order valence-corrected chi connectivity index (χ1v) is 0.753. The first-order chi connectivity index (χ1) is 1.00. The van der Waals surface area contributed by atoms with Crippen molar-refractivity contribution in [2.24, 2.45) is 0 Å². The maximum Gasteiger partial charge on any atom is 0 e. The van der Waals surface area contributed by atoms with Gasteiger partial charge in [-0.15, -0.1) is 24.8 Å². The van der Waals surface area contributed by atoms with E-state index < -0.39 is 0 Å². The molecule has 5 heteroatoms. The van der Waals surface area contributed by atoms with E-state index in [0.717, 1.165) is 17.4 Å². The van der Waals surface area contributed by atoms with Crippen LogP contribution in [0.5, 0.6) is 0 Å². The van der Waals surface area contributed by atoms with Crippen molar-refractivity contribution < 1.29 is 39.6 Å². The molecule has 32 valence electrons. The second-order valence-electron chi connectivity index (χ2n) is 0. The largest absolute Gasteiger partial charge is 0 e. The van der Waals surface area contributed by atoms with Crippen molar-refractivity contribution in [3.05, 3.63) is 0 Å².